The summed E-state index contributed by atoms with van der Waals surface area (Å²) in [4.78, 5) is 15.4. The summed E-state index contributed by atoms with van der Waals surface area (Å²) in [5.74, 6) is 1.35. The van der Waals surface area contributed by atoms with Gasteiger partial charge in [-0.3, -0.25) is 9.69 Å². The molecule has 1 saturated heterocycles. The number of rotatable bonds is 8. The lowest BCUT2D eigenvalue weighted by molar-refractivity contribution is -0.122. The maximum atomic E-state index is 13.3. The summed E-state index contributed by atoms with van der Waals surface area (Å²) >= 11 is 1.25. The second-order valence-electron chi connectivity index (χ2n) is 8.15. The molecule has 1 aliphatic heterocycles. The third kappa shape index (κ3) is 6.36. The minimum Gasteiger partial charge on any atom is -0.508 e. The van der Waals surface area contributed by atoms with E-state index in [1.807, 2.05) is 66.7 Å². The van der Waals surface area contributed by atoms with Crippen LogP contribution in [0.25, 0.3) is 6.08 Å². The van der Waals surface area contributed by atoms with Crippen LogP contribution in [0.5, 0.6) is 11.5 Å². The fourth-order valence-electron chi connectivity index (χ4n) is 3.57. The molecule has 4 aromatic rings. The number of phenols is 1. The third-order valence-corrected chi connectivity index (χ3v) is 6.43. The van der Waals surface area contributed by atoms with E-state index in [4.69, 9.17) is 9.15 Å². The van der Waals surface area contributed by atoms with Crippen molar-refractivity contribution in [2.24, 2.45) is 10.2 Å². The predicted molar refractivity (Wildman–Crippen MR) is 145 cm³/mol. The van der Waals surface area contributed by atoms with Crippen molar-refractivity contribution in [2.75, 3.05) is 0 Å². The van der Waals surface area contributed by atoms with Crippen molar-refractivity contribution in [3.05, 3.63) is 125 Å². The van der Waals surface area contributed by atoms with E-state index in [9.17, 15) is 9.90 Å². The fraction of sp³-hybridized carbons (Fsp3) is 0.0690. The molecule has 1 fully saturated rings. The lowest BCUT2D eigenvalue weighted by atomic mass is 10.2. The maximum Gasteiger partial charge on any atom is 0.267 e. The highest BCUT2D eigenvalue weighted by molar-refractivity contribution is 8.18. The Balaban J connectivity index is 1.36. The first-order valence-corrected chi connectivity index (χ1v) is 12.4. The number of furan rings is 1. The van der Waals surface area contributed by atoms with Crippen LogP contribution in [0.3, 0.4) is 0 Å². The molecule has 8 heteroatoms. The molecule has 0 atom stereocenters. The Morgan fingerprint density at radius 1 is 0.946 bits per heavy atom. The zero-order valence-electron chi connectivity index (χ0n) is 19.7. The van der Waals surface area contributed by atoms with Crippen LogP contribution in [0.4, 0.5) is 0 Å². The Morgan fingerprint density at radius 3 is 2.57 bits per heavy atom. The topological polar surface area (TPSA) is 87.6 Å². The molecule has 1 amide bonds. The van der Waals surface area contributed by atoms with Gasteiger partial charge in [0.2, 0.25) is 0 Å². The van der Waals surface area contributed by atoms with Crippen LogP contribution < -0.4 is 4.74 Å². The van der Waals surface area contributed by atoms with Gasteiger partial charge in [0.25, 0.3) is 5.91 Å². The zero-order chi connectivity index (χ0) is 25.5. The van der Waals surface area contributed by atoms with Gasteiger partial charge in [-0.15, -0.1) is 5.10 Å². The van der Waals surface area contributed by atoms with Gasteiger partial charge >= 0.3 is 0 Å². The second kappa shape index (κ2) is 11.5. The van der Waals surface area contributed by atoms with Gasteiger partial charge in [-0.25, -0.2) is 0 Å². The predicted octanol–water partition coefficient (Wildman–Crippen LogP) is 6.07. The highest BCUT2D eigenvalue weighted by Crippen LogP contribution is 2.34. The van der Waals surface area contributed by atoms with Crippen molar-refractivity contribution >= 4 is 35.1 Å². The number of carbonyl (C=O) groups excluding carboxylic acids is 1. The number of hydrogen-bond acceptors (Lipinski definition) is 7. The molecule has 0 spiro atoms. The number of thioether (sulfide) groups is 1. The van der Waals surface area contributed by atoms with E-state index < -0.39 is 0 Å². The van der Waals surface area contributed by atoms with E-state index in [0.29, 0.717) is 28.2 Å². The molecule has 1 N–H and O–H groups in total. The van der Waals surface area contributed by atoms with E-state index in [-0.39, 0.29) is 18.2 Å². The minimum atomic E-state index is -0.185. The molecule has 37 heavy (non-hydrogen) atoms. The molecule has 0 bridgehead atoms. The summed E-state index contributed by atoms with van der Waals surface area (Å²) in [5, 5.41) is 18.4. The van der Waals surface area contributed by atoms with E-state index >= 15 is 0 Å². The van der Waals surface area contributed by atoms with Crippen LogP contribution in [0.2, 0.25) is 0 Å². The smallest absolute Gasteiger partial charge is 0.267 e. The van der Waals surface area contributed by atoms with E-state index in [1.54, 1.807) is 47.7 Å². The molecule has 0 saturated carbocycles. The Bertz CT molecular complexity index is 1450. The van der Waals surface area contributed by atoms with Crippen LogP contribution in [-0.2, 0) is 17.9 Å². The molecule has 1 aromatic heterocycles. The number of ether oxygens (including phenoxy) is 1. The zero-order valence-corrected chi connectivity index (χ0v) is 20.5. The van der Waals surface area contributed by atoms with Crippen molar-refractivity contribution in [1.29, 1.82) is 0 Å². The standard InChI is InChI=1S/C29H23N3O4S/c33-24-13-11-21(12-14-24)18-30-31-29-32(19-26-10-5-15-35-26)28(34)27(37-29)17-23-8-4-9-25(16-23)36-20-22-6-2-1-3-7-22/h1-18,33H,19-20H2/b27-17-,30-18+,31-29-. The van der Waals surface area contributed by atoms with Crippen LogP contribution in [0, 0.1) is 0 Å². The molecule has 7 nitrogen and oxygen atoms in total. The first-order valence-electron chi connectivity index (χ1n) is 11.5. The molecular weight excluding hydrogens is 486 g/mol. The number of phenolic OH excluding ortho intramolecular Hbond substituents is 1. The first-order chi connectivity index (χ1) is 18.1. The fourth-order valence-corrected chi connectivity index (χ4v) is 4.51. The summed E-state index contributed by atoms with van der Waals surface area (Å²) in [6.07, 6.45) is 4.96. The number of hydrogen-bond donors (Lipinski definition) is 1. The quantitative estimate of drug-likeness (QED) is 0.177. The highest BCUT2D eigenvalue weighted by Gasteiger charge is 2.34. The molecule has 2 heterocycles. The molecule has 0 unspecified atom stereocenters. The third-order valence-electron chi connectivity index (χ3n) is 5.43. The number of amides is 1. The highest BCUT2D eigenvalue weighted by atomic mass is 32.2. The van der Waals surface area contributed by atoms with Gasteiger partial charge in [0.15, 0.2) is 5.17 Å². The summed E-state index contributed by atoms with van der Waals surface area (Å²) in [6, 6.07) is 27.7. The first kappa shape index (κ1) is 24.1. The van der Waals surface area contributed by atoms with Crippen LogP contribution >= 0.6 is 11.8 Å². The lowest BCUT2D eigenvalue weighted by Crippen LogP contribution is -2.28. The average Bonchev–Trinajstić information content (AvgIpc) is 3.54. The summed E-state index contributed by atoms with van der Waals surface area (Å²) in [7, 11) is 0. The van der Waals surface area contributed by atoms with Gasteiger partial charge in [-0.2, -0.15) is 5.10 Å². The Kier molecular flexibility index (Phi) is 7.47. The molecular formula is C29H23N3O4S. The number of amidine groups is 1. The van der Waals surface area contributed by atoms with Crippen LogP contribution in [0.1, 0.15) is 22.5 Å². The maximum absolute atomic E-state index is 13.3. The monoisotopic (exact) mass is 509 g/mol. The van der Waals surface area contributed by atoms with Gasteiger partial charge in [0.1, 0.15) is 23.9 Å². The van der Waals surface area contributed by atoms with Gasteiger partial charge in [-0.1, -0.05) is 42.5 Å². The van der Waals surface area contributed by atoms with Gasteiger partial charge in [-0.05, 0) is 83.1 Å². The second-order valence-corrected chi connectivity index (χ2v) is 9.16. The molecule has 184 valence electrons. The van der Waals surface area contributed by atoms with Crippen molar-refractivity contribution in [1.82, 2.24) is 4.90 Å². The Morgan fingerprint density at radius 2 is 1.78 bits per heavy atom. The molecule has 0 radical (unpaired) electrons. The minimum absolute atomic E-state index is 0.175. The van der Waals surface area contributed by atoms with Gasteiger partial charge in [0, 0.05) is 0 Å². The largest absolute Gasteiger partial charge is 0.508 e. The summed E-state index contributed by atoms with van der Waals surface area (Å²) in [6.45, 7) is 0.700. The lowest BCUT2D eigenvalue weighted by Gasteiger charge is -2.12. The van der Waals surface area contributed by atoms with E-state index in [1.165, 1.54) is 11.8 Å². The van der Waals surface area contributed by atoms with Crippen molar-refractivity contribution in [3.63, 3.8) is 0 Å². The Labute approximate surface area is 218 Å². The van der Waals surface area contributed by atoms with Crippen LogP contribution in [0.15, 0.2) is 117 Å². The van der Waals surface area contributed by atoms with Crippen LogP contribution in [-0.4, -0.2) is 27.3 Å². The van der Waals surface area contributed by atoms with Crippen molar-refractivity contribution in [3.8, 4) is 11.5 Å². The number of aromatic hydroxyl groups is 1. The molecule has 5 rings (SSSR count). The van der Waals surface area contributed by atoms with E-state index in [2.05, 4.69) is 10.2 Å². The van der Waals surface area contributed by atoms with Gasteiger partial charge < -0.3 is 14.3 Å². The Hall–Kier alpha value is -4.56. The number of benzene rings is 3. The molecule has 1 aliphatic rings. The molecule has 3 aromatic carbocycles. The number of nitrogens with zero attached hydrogens (tertiary/aromatic N) is 3. The normalized spacial score (nSPS) is 15.8. The van der Waals surface area contributed by atoms with Crippen molar-refractivity contribution < 1.29 is 19.1 Å². The number of carbonyl (C=O) groups is 1. The average molecular weight is 510 g/mol. The van der Waals surface area contributed by atoms with Gasteiger partial charge in [0.05, 0.1) is 23.9 Å². The SMILES string of the molecule is O=C1/C(=C/c2cccc(OCc3ccccc3)c2)S/C(=N\N=C\c2ccc(O)cc2)N1Cc1ccco1. The summed E-state index contributed by atoms with van der Waals surface area (Å²) < 4.78 is 11.4. The van der Waals surface area contributed by atoms with Crippen molar-refractivity contribution in [2.45, 2.75) is 13.2 Å². The molecule has 0 aliphatic carbocycles. The van der Waals surface area contributed by atoms with E-state index in [0.717, 1.165) is 16.7 Å². The summed E-state index contributed by atoms with van der Waals surface area (Å²) in [5.41, 5.74) is 2.69.